The molecule has 4 rings (SSSR count). The number of aromatic nitrogens is 2. The minimum absolute atomic E-state index is 0.00699. The Labute approximate surface area is 152 Å². The summed E-state index contributed by atoms with van der Waals surface area (Å²) in [4.78, 5) is 20.8. The van der Waals surface area contributed by atoms with Gasteiger partial charge in [-0.25, -0.2) is 4.98 Å². The van der Waals surface area contributed by atoms with Crippen LogP contribution in [0.15, 0.2) is 73.2 Å². The van der Waals surface area contributed by atoms with Gasteiger partial charge in [-0.05, 0) is 47.7 Å². The first kappa shape index (κ1) is 16.3. The molecule has 1 aliphatic carbocycles. The summed E-state index contributed by atoms with van der Waals surface area (Å²) in [6.45, 7) is 0.396. The van der Waals surface area contributed by atoms with Crippen LogP contribution in [0.3, 0.4) is 0 Å². The zero-order chi connectivity index (χ0) is 17.8. The Morgan fingerprint density at radius 3 is 2.65 bits per heavy atom. The molecule has 1 N–H and O–H groups in total. The summed E-state index contributed by atoms with van der Waals surface area (Å²) >= 11 is 0. The highest BCUT2D eigenvalue weighted by molar-refractivity contribution is 5.95. The van der Waals surface area contributed by atoms with Gasteiger partial charge in [0.05, 0.1) is 0 Å². The molecule has 0 saturated heterocycles. The molecule has 2 atom stereocenters. The minimum atomic E-state index is -0.00804. The number of hydrogen-bond acceptors (Lipinski definition) is 4. The lowest BCUT2D eigenvalue weighted by molar-refractivity contribution is -0.117. The van der Waals surface area contributed by atoms with E-state index in [9.17, 15) is 4.79 Å². The Bertz CT molecular complexity index is 884. The van der Waals surface area contributed by atoms with Crippen LogP contribution in [-0.2, 0) is 11.4 Å². The van der Waals surface area contributed by atoms with E-state index in [1.807, 2.05) is 36.4 Å². The molecule has 0 unspecified atom stereocenters. The van der Waals surface area contributed by atoms with Crippen LogP contribution in [0.1, 0.15) is 23.5 Å². The van der Waals surface area contributed by atoms with Crippen LogP contribution in [0.5, 0.6) is 5.75 Å². The fourth-order valence-electron chi connectivity index (χ4n) is 3.00. The largest absolute Gasteiger partial charge is 0.485 e. The van der Waals surface area contributed by atoms with E-state index in [1.54, 1.807) is 24.7 Å². The van der Waals surface area contributed by atoms with Gasteiger partial charge < -0.3 is 10.1 Å². The summed E-state index contributed by atoms with van der Waals surface area (Å²) in [6.07, 6.45) is 5.97. The molecular formula is C21H19N3O2. The van der Waals surface area contributed by atoms with E-state index in [0.29, 0.717) is 24.1 Å². The lowest BCUT2D eigenvalue weighted by atomic mass is 10.1. The van der Waals surface area contributed by atoms with Crippen molar-refractivity contribution in [1.29, 1.82) is 0 Å². The minimum Gasteiger partial charge on any atom is -0.485 e. The van der Waals surface area contributed by atoms with Crippen LogP contribution in [0.25, 0.3) is 0 Å². The van der Waals surface area contributed by atoms with Gasteiger partial charge in [-0.15, -0.1) is 0 Å². The summed E-state index contributed by atoms with van der Waals surface area (Å²) in [5, 5.41) is 2.92. The van der Waals surface area contributed by atoms with Gasteiger partial charge in [-0.3, -0.25) is 9.78 Å². The fourth-order valence-corrected chi connectivity index (χ4v) is 3.00. The van der Waals surface area contributed by atoms with Gasteiger partial charge in [-0.2, -0.15) is 0 Å². The number of amides is 1. The molecule has 2 aromatic heterocycles. The zero-order valence-corrected chi connectivity index (χ0v) is 14.2. The third kappa shape index (κ3) is 3.72. The molecule has 5 heteroatoms. The number of anilines is 1. The molecule has 3 aromatic rings. The first-order chi connectivity index (χ1) is 12.8. The number of rotatable bonds is 6. The number of carbonyl (C=O) groups excluding carboxylic acids is 1. The quantitative estimate of drug-likeness (QED) is 0.738. The smallest absolute Gasteiger partial charge is 0.229 e. The highest BCUT2D eigenvalue weighted by atomic mass is 16.5. The molecule has 1 amide bonds. The molecule has 5 nitrogen and oxygen atoms in total. The maximum atomic E-state index is 12.6. The molecular weight excluding hydrogens is 326 g/mol. The van der Waals surface area contributed by atoms with Gasteiger partial charge in [0, 0.05) is 24.5 Å². The van der Waals surface area contributed by atoms with Crippen molar-refractivity contribution < 1.29 is 9.53 Å². The number of nitrogens with one attached hydrogen (secondary N) is 1. The van der Waals surface area contributed by atoms with Gasteiger partial charge in [0.25, 0.3) is 0 Å². The Balaban J connectivity index is 1.40. The standard InChI is InChI=1S/C21H19N3O2/c25-21(18-13-17(18)16-5-2-1-3-6-16)24-20-19(7-4-10-23-20)26-14-15-8-11-22-12-9-15/h1-12,17-18H,13-14H2,(H,23,24,25)/t17-,18+/m0/s1. The van der Waals surface area contributed by atoms with Crippen molar-refractivity contribution in [3.8, 4) is 5.75 Å². The molecule has 1 aromatic carbocycles. The van der Waals surface area contributed by atoms with Crippen molar-refractivity contribution in [3.05, 3.63) is 84.3 Å². The molecule has 0 bridgehead atoms. The predicted molar refractivity (Wildman–Crippen MR) is 98.7 cm³/mol. The molecule has 1 aliphatic rings. The first-order valence-corrected chi connectivity index (χ1v) is 8.64. The van der Waals surface area contributed by atoms with E-state index < -0.39 is 0 Å². The Morgan fingerprint density at radius 2 is 1.85 bits per heavy atom. The van der Waals surface area contributed by atoms with Crippen LogP contribution in [0.2, 0.25) is 0 Å². The number of pyridine rings is 2. The number of hydrogen-bond donors (Lipinski definition) is 1. The number of benzene rings is 1. The molecule has 0 radical (unpaired) electrons. The van der Waals surface area contributed by atoms with Crippen LogP contribution >= 0.6 is 0 Å². The van der Waals surface area contributed by atoms with E-state index in [0.717, 1.165) is 12.0 Å². The predicted octanol–water partition coefficient (Wildman–Crippen LogP) is 3.80. The van der Waals surface area contributed by atoms with Crippen molar-refractivity contribution in [3.63, 3.8) is 0 Å². The molecule has 130 valence electrons. The second-order valence-corrected chi connectivity index (χ2v) is 6.34. The number of carbonyl (C=O) groups is 1. The highest BCUT2D eigenvalue weighted by Gasteiger charge is 2.44. The molecule has 2 heterocycles. The van der Waals surface area contributed by atoms with Gasteiger partial charge in [0.2, 0.25) is 5.91 Å². The van der Waals surface area contributed by atoms with Gasteiger partial charge in [0.1, 0.15) is 6.61 Å². The summed E-state index contributed by atoms with van der Waals surface area (Å²) in [7, 11) is 0. The molecule has 0 aliphatic heterocycles. The average Bonchev–Trinajstić information content (AvgIpc) is 3.50. The van der Waals surface area contributed by atoms with E-state index in [-0.39, 0.29) is 11.8 Å². The van der Waals surface area contributed by atoms with E-state index in [1.165, 1.54) is 5.56 Å². The monoisotopic (exact) mass is 345 g/mol. The normalized spacial score (nSPS) is 18.2. The topological polar surface area (TPSA) is 64.1 Å². The average molecular weight is 345 g/mol. The molecule has 0 spiro atoms. The van der Waals surface area contributed by atoms with Crippen molar-refractivity contribution in [1.82, 2.24) is 9.97 Å². The van der Waals surface area contributed by atoms with Gasteiger partial charge in [0.15, 0.2) is 11.6 Å². The SMILES string of the molecule is O=C(Nc1ncccc1OCc1ccncc1)[C@@H]1C[C@H]1c1ccccc1. The van der Waals surface area contributed by atoms with Gasteiger partial charge >= 0.3 is 0 Å². The second-order valence-electron chi connectivity index (χ2n) is 6.34. The fraction of sp³-hybridized carbons (Fsp3) is 0.190. The van der Waals surface area contributed by atoms with Crippen LogP contribution in [-0.4, -0.2) is 15.9 Å². The maximum Gasteiger partial charge on any atom is 0.229 e. The Kier molecular flexibility index (Phi) is 4.60. The molecule has 1 fully saturated rings. The maximum absolute atomic E-state index is 12.6. The van der Waals surface area contributed by atoms with Crippen molar-refractivity contribution in [2.24, 2.45) is 5.92 Å². The van der Waals surface area contributed by atoms with E-state index >= 15 is 0 Å². The molecule has 26 heavy (non-hydrogen) atoms. The summed E-state index contributed by atoms with van der Waals surface area (Å²) in [5.74, 6) is 1.31. The number of nitrogens with zero attached hydrogens (tertiary/aromatic N) is 2. The van der Waals surface area contributed by atoms with Gasteiger partial charge in [-0.1, -0.05) is 30.3 Å². The first-order valence-electron chi connectivity index (χ1n) is 8.64. The second kappa shape index (κ2) is 7.35. The molecule has 1 saturated carbocycles. The number of ether oxygens (including phenoxy) is 1. The zero-order valence-electron chi connectivity index (χ0n) is 14.2. The Morgan fingerprint density at radius 1 is 1.04 bits per heavy atom. The summed E-state index contributed by atoms with van der Waals surface area (Å²) in [6, 6.07) is 17.5. The summed E-state index contributed by atoms with van der Waals surface area (Å²) < 4.78 is 5.83. The van der Waals surface area contributed by atoms with Crippen molar-refractivity contribution in [2.75, 3.05) is 5.32 Å². The van der Waals surface area contributed by atoms with Crippen LogP contribution < -0.4 is 10.1 Å². The van der Waals surface area contributed by atoms with Crippen LogP contribution in [0, 0.1) is 5.92 Å². The van der Waals surface area contributed by atoms with E-state index in [2.05, 4.69) is 27.4 Å². The lowest BCUT2D eigenvalue weighted by Crippen LogP contribution is -2.16. The lowest BCUT2D eigenvalue weighted by Gasteiger charge is -2.11. The Hall–Kier alpha value is -3.21. The summed E-state index contributed by atoms with van der Waals surface area (Å²) in [5.41, 5.74) is 2.22. The van der Waals surface area contributed by atoms with Crippen molar-refractivity contribution >= 4 is 11.7 Å². The van der Waals surface area contributed by atoms with E-state index in [4.69, 9.17) is 4.74 Å². The third-order valence-electron chi connectivity index (χ3n) is 4.51. The van der Waals surface area contributed by atoms with Crippen LogP contribution in [0.4, 0.5) is 5.82 Å². The highest BCUT2D eigenvalue weighted by Crippen LogP contribution is 2.48. The third-order valence-corrected chi connectivity index (χ3v) is 4.51. The van der Waals surface area contributed by atoms with Crippen molar-refractivity contribution in [2.45, 2.75) is 18.9 Å².